The zero-order valence-corrected chi connectivity index (χ0v) is 15.3. The molecular formula is C14H29IN4O. The van der Waals surface area contributed by atoms with Crippen LogP contribution in [0.4, 0.5) is 0 Å². The molecule has 6 heteroatoms. The summed E-state index contributed by atoms with van der Waals surface area (Å²) in [6.07, 6.45) is 3.49. The summed E-state index contributed by atoms with van der Waals surface area (Å²) in [5.41, 5.74) is 0. The van der Waals surface area contributed by atoms with Crippen LogP contribution >= 0.6 is 24.0 Å². The van der Waals surface area contributed by atoms with E-state index in [2.05, 4.69) is 29.5 Å². The van der Waals surface area contributed by atoms with Crippen molar-refractivity contribution in [3.8, 4) is 0 Å². The number of piperidine rings is 1. The van der Waals surface area contributed by atoms with E-state index in [1.807, 2.05) is 11.8 Å². The summed E-state index contributed by atoms with van der Waals surface area (Å²) in [5, 5.41) is 6.41. The fourth-order valence-corrected chi connectivity index (χ4v) is 2.03. The van der Waals surface area contributed by atoms with E-state index >= 15 is 0 Å². The third-order valence-electron chi connectivity index (χ3n) is 3.10. The lowest BCUT2D eigenvalue weighted by molar-refractivity contribution is -0.130. The molecule has 0 aromatic rings. The van der Waals surface area contributed by atoms with E-state index in [0.717, 1.165) is 45.0 Å². The maximum Gasteiger partial charge on any atom is 0.244 e. The van der Waals surface area contributed by atoms with Crippen LogP contribution in [0.25, 0.3) is 0 Å². The number of aliphatic imine (C=N–C) groups is 1. The second-order valence-electron chi connectivity index (χ2n) is 5.41. The van der Waals surface area contributed by atoms with Crippen LogP contribution in [0.15, 0.2) is 4.99 Å². The van der Waals surface area contributed by atoms with E-state index in [1.165, 1.54) is 6.42 Å². The minimum absolute atomic E-state index is 0. The van der Waals surface area contributed by atoms with Gasteiger partial charge in [0.05, 0.1) is 0 Å². The summed E-state index contributed by atoms with van der Waals surface area (Å²) >= 11 is 0. The van der Waals surface area contributed by atoms with Crippen molar-refractivity contribution < 1.29 is 4.79 Å². The Morgan fingerprint density at radius 1 is 1.20 bits per heavy atom. The molecule has 0 aromatic carbocycles. The van der Waals surface area contributed by atoms with Gasteiger partial charge >= 0.3 is 0 Å². The number of hydrogen-bond acceptors (Lipinski definition) is 2. The molecule has 0 spiro atoms. The van der Waals surface area contributed by atoms with Crippen LogP contribution in [0, 0.1) is 5.92 Å². The van der Waals surface area contributed by atoms with E-state index in [1.54, 1.807) is 0 Å². The van der Waals surface area contributed by atoms with Gasteiger partial charge in [-0.2, -0.15) is 0 Å². The van der Waals surface area contributed by atoms with Gasteiger partial charge < -0.3 is 15.5 Å². The predicted octanol–water partition coefficient (Wildman–Crippen LogP) is 1.83. The van der Waals surface area contributed by atoms with Gasteiger partial charge in [-0.05, 0) is 32.1 Å². The van der Waals surface area contributed by atoms with Gasteiger partial charge in [-0.3, -0.25) is 4.79 Å². The Balaban J connectivity index is 0.00000361. The number of carbonyl (C=O) groups is 1. The van der Waals surface area contributed by atoms with Gasteiger partial charge in [0.25, 0.3) is 0 Å². The number of hydrogen-bond donors (Lipinski definition) is 2. The van der Waals surface area contributed by atoms with Gasteiger partial charge in [0.2, 0.25) is 5.91 Å². The van der Waals surface area contributed by atoms with E-state index in [-0.39, 0.29) is 36.4 Å². The maximum absolute atomic E-state index is 12.0. The molecule has 0 radical (unpaired) electrons. The van der Waals surface area contributed by atoms with Crippen molar-refractivity contribution in [2.75, 3.05) is 32.7 Å². The Morgan fingerprint density at radius 2 is 1.85 bits per heavy atom. The molecule has 1 heterocycles. The van der Waals surface area contributed by atoms with E-state index < -0.39 is 0 Å². The van der Waals surface area contributed by atoms with Crippen LogP contribution in [0.2, 0.25) is 0 Å². The molecule has 1 rings (SSSR count). The highest BCUT2D eigenvalue weighted by Crippen LogP contribution is 2.08. The zero-order chi connectivity index (χ0) is 14.1. The minimum Gasteiger partial charge on any atom is -0.357 e. The summed E-state index contributed by atoms with van der Waals surface area (Å²) in [6.45, 7) is 10.0. The summed E-state index contributed by atoms with van der Waals surface area (Å²) in [5.74, 6) is 1.43. The molecule has 0 unspecified atom stereocenters. The predicted molar refractivity (Wildman–Crippen MR) is 94.7 cm³/mol. The molecule has 1 amide bonds. The number of amides is 1. The molecule has 1 aliphatic rings. The number of likely N-dealkylation sites (tertiary alicyclic amines) is 1. The number of rotatable bonds is 5. The maximum atomic E-state index is 12.0. The summed E-state index contributed by atoms with van der Waals surface area (Å²) < 4.78 is 0. The molecule has 1 aliphatic heterocycles. The molecular weight excluding hydrogens is 367 g/mol. The first-order valence-electron chi connectivity index (χ1n) is 7.43. The van der Waals surface area contributed by atoms with Gasteiger partial charge in [-0.15, -0.1) is 24.0 Å². The van der Waals surface area contributed by atoms with Gasteiger partial charge in [0.1, 0.15) is 6.54 Å². The van der Waals surface area contributed by atoms with Gasteiger partial charge in [-0.25, -0.2) is 4.99 Å². The van der Waals surface area contributed by atoms with Crippen LogP contribution < -0.4 is 10.6 Å². The fourth-order valence-electron chi connectivity index (χ4n) is 2.03. The van der Waals surface area contributed by atoms with Gasteiger partial charge in [0.15, 0.2) is 5.96 Å². The summed E-state index contributed by atoms with van der Waals surface area (Å²) in [4.78, 5) is 18.3. The van der Waals surface area contributed by atoms with Crippen molar-refractivity contribution in [2.45, 2.75) is 40.0 Å². The second kappa shape index (κ2) is 11.2. The molecule has 0 aliphatic carbocycles. The van der Waals surface area contributed by atoms with Crippen molar-refractivity contribution >= 4 is 35.8 Å². The normalized spacial score (nSPS) is 15.8. The van der Waals surface area contributed by atoms with Gasteiger partial charge in [0, 0.05) is 26.2 Å². The number of carbonyl (C=O) groups excluding carboxylic acids is 1. The lowest BCUT2D eigenvalue weighted by atomic mass is 10.1. The third-order valence-corrected chi connectivity index (χ3v) is 3.10. The number of nitrogens with one attached hydrogen (secondary N) is 2. The quantitative estimate of drug-likeness (QED) is 0.424. The second-order valence-corrected chi connectivity index (χ2v) is 5.41. The number of halogens is 1. The smallest absolute Gasteiger partial charge is 0.244 e. The Bertz CT molecular complexity index is 302. The molecule has 0 aromatic heterocycles. The molecule has 1 fully saturated rings. The van der Waals surface area contributed by atoms with E-state index in [9.17, 15) is 4.79 Å². The first-order chi connectivity index (χ1) is 9.13. The van der Waals surface area contributed by atoms with Crippen molar-refractivity contribution in [1.29, 1.82) is 0 Å². The first-order valence-corrected chi connectivity index (χ1v) is 7.43. The molecule has 1 saturated heterocycles. The highest BCUT2D eigenvalue weighted by molar-refractivity contribution is 14.0. The lowest BCUT2D eigenvalue weighted by Crippen LogP contribution is -2.41. The lowest BCUT2D eigenvalue weighted by Gasteiger charge is -2.26. The van der Waals surface area contributed by atoms with Crippen LogP contribution in [0.5, 0.6) is 0 Å². The Kier molecular flexibility index (Phi) is 10.9. The van der Waals surface area contributed by atoms with Crippen LogP contribution in [0.1, 0.15) is 40.0 Å². The highest BCUT2D eigenvalue weighted by atomic mass is 127. The molecule has 5 nitrogen and oxygen atoms in total. The standard InChI is InChI=1S/C14H28N4O.HI/c1-4-15-14(16-10-12(2)3)17-11-13(19)18-8-6-5-7-9-18;/h12H,4-11H2,1-3H3,(H2,15,16,17);1H. The number of guanidine groups is 1. The van der Waals surface area contributed by atoms with E-state index in [0.29, 0.717) is 5.92 Å². The Hall–Kier alpha value is -0.530. The minimum atomic E-state index is 0. The SMILES string of the molecule is CCNC(=NCC(=O)N1CCCCC1)NCC(C)C.I. The van der Waals surface area contributed by atoms with Crippen LogP contribution in [-0.4, -0.2) is 49.5 Å². The van der Waals surface area contributed by atoms with Crippen molar-refractivity contribution in [3.05, 3.63) is 0 Å². The van der Waals surface area contributed by atoms with Crippen molar-refractivity contribution in [2.24, 2.45) is 10.9 Å². The average molecular weight is 396 g/mol. The molecule has 118 valence electrons. The van der Waals surface area contributed by atoms with Crippen LogP contribution in [-0.2, 0) is 4.79 Å². The molecule has 0 saturated carbocycles. The topological polar surface area (TPSA) is 56.7 Å². The number of nitrogens with zero attached hydrogens (tertiary/aromatic N) is 2. The summed E-state index contributed by atoms with van der Waals surface area (Å²) in [6, 6.07) is 0. The fraction of sp³-hybridized carbons (Fsp3) is 0.857. The van der Waals surface area contributed by atoms with Gasteiger partial charge in [-0.1, -0.05) is 13.8 Å². The van der Waals surface area contributed by atoms with Crippen molar-refractivity contribution in [1.82, 2.24) is 15.5 Å². The van der Waals surface area contributed by atoms with Crippen molar-refractivity contribution in [3.63, 3.8) is 0 Å². The average Bonchev–Trinajstić information content (AvgIpc) is 2.42. The molecule has 2 N–H and O–H groups in total. The Labute approximate surface area is 140 Å². The molecule has 20 heavy (non-hydrogen) atoms. The van der Waals surface area contributed by atoms with E-state index in [4.69, 9.17) is 0 Å². The summed E-state index contributed by atoms with van der Waals surface area (Å²) in [7, 11) is 0. The first kappa shape index (κ1) is 19.5. The molecule has 0 bridgehead atoms. The monoisotopic (exact) mass is 396 g/mol. The Morgan fingerprint density at radius 3 is 2.40 bits per heavy atom. The third kappa shape index (κ3) is 7.91. The molecule has 0 atom stereocenters. The van der Waals surface area contributed by atoms with Crippen LogP contribution in [0.3, 0.4) is 0 Å². The largest absolute Gasteiger partial charge is 0.357 e. The zero-order valence-electron chi connectivity index (χ0n) is 12.9. The highest BCUT2D eigenvalue weighted by Gasteiger charge is 2.15.